The standard InChI is InChI=1S/C15H14BrFO/c1-9-3-6-11(7-4-9)15(18)13-12(16)8-5-10(2)14(13)17/h3-8,15,18H,1-2H3. The van der Waals surface area contributed by atoms with E-state index < -0.39 is 6.10 Å². The number of hydrogen-bond acceptors (Lipinski definition) is 1. The lowest BCUT2D eigenvalue weighted by molar-refractivity contribution is 0.214. The molecule has 1 N–H and O–H groups in total. The molecule has 1 unspecified atom stereocenters. The SMILES string of the molecule is Cc1ccc(C(O)c2c(Br)ccc(C)c2F)cc1. The topological polar surface area (TPSA) is 20.2 Å². The van der Waals surface area contributed by atoms with Crippen LogP contribution in [0.3, 0.4) is 0 Å². The van der Waals surface area contributed by atoms with Crippen molar-refractivity contribution in [1.82, 2.24) is 0 Å². The molecule has 0 aliphatic rings. The number of rotatable bonds is 2. The fraction of sp³-hybridized carbons (Fsp3) is 0.200. The highest BCUT2D eigenvalue weighted by molar-refractivity contribution is 9.10. The molecule has 0 aliphatic heterocycles. The van der Waals surface area contributed by atoms with Crippen LogP contribution in [0.25, 0.3) is 0 Å². The summed E-state index contributed by atoms with van der Waals surface area (Å²) in [4.78, 5) is 0. The second kappa shape index (κ2) is 5.21. The van der Waals surface area contributed by atoms with Crippen molar-refractivity contribution in [3.63, 3.8) is 0 Å². The van der Waals surface area contributed by atoms with Crippen LogP contribution in [-0.2, 0) is 0 Å². The first-order valence-electron chi connectivity index (χ1n) is 5.70. The van der Waals surface area contributed by atoms with Crippen LogP contribution in [0.15, 0.2) is 40.9 Å². The van der Waals surface area contributed by atoms with Gasteiger partial charge in [-0.15, -0.1) is 0 Å². The molecule has 0 aromatic heterocycles. The predicted molar refractivity (Wildman–Crippen MR) is 74.1 cm³/mol. The Balaban J connectivity index is 2.49. The van der Waals surface area contributed by atoms with E-state index in [0.717, 1.165) is 5.56 Å². The minimum Gasteiger partial charge on any atom is -0.384 e. The van der Waals surface area contributed by atoms with Gasteiger partial charge in [-0.1, -0.05) is 51.8 Å². The molecule has 0 heterocycles. The summed E-state index contributed by atoms with van der Waals surface area (Å²) in [6.07, 6.45) is -0.958. The Morgan fingerprint density at radius 2 is 1.67 bits per heavy atom. The van der Waals surface area contributed by atoms with Gasteiger partial charge < -0.3 is 5.11 Å². The van der Waals surface area contributed by atoms with E-state index >= 15 is 0 Å². The molecule has 0 bridgehead atoms. The highest BCUT2D eigenvalue weighted by Crippen LogP contribution is 2.32. The second-order valence-corrected chi connectivity index (χ2v) is 5.26. The van der Waals surface area contributed by atoms with Gasteiger partial charge in [-0.2, -0.15) is 0 Å². The summed E-state index contributed by atoms with van der Waals surface area (Å²) < 4.78 is 14.7. The molecule has 0 fully saturated rings. The molecular formula is C15H14BrFO. The fourth-order valence-electron chi connectivity index (χ4n) is 1.84. The molecule has 18 heavy (non-hydrogen) atoms. The van der Waals surface area contributed by atoms with Gasteiger partial charge in [0, 0.05) is 10.0 Å². The second-order valence-electron chi connectivity index (χ2n) is 4.41. The third-order valence-electron chi connectivity index (χ3n) is 2.99. The molecule has 3 heteroatoms. The maximum Gasteiger partial charge on any atom is 0.133 e. The van der Waals surface area contributed by atoms with Crippen LogP contribution in [0.5, 0.6) is 0 Å². The van der Waals surface area contributed by atoms with Crippen LogP contribution >= 0.6 is 15.9 Å². The van der Waals surface area contributed by atoms with Gasteiger partial charge in [0.05, 0.1) is 0 Å². The molecular weight excluding hydrogens is 295 g/mol. The molecule has 0 spiro atoms. The Morgan fingerprint density at radius 1 is 1.06 bits per heavy atom. The Labute approximate surface area is 114 Å². The first-order valence-corrected chi connectivity index (χ1v) is 6.49. The number of aliphatic hydroxyl groups excluding tert-OH is 1. The summed E-state index contributed by atoms with van der Waals surface area (Å²) in [6.45, 7) is 3.66. The minimum atomic E-state index is -0.958. The Kier molecular flexibility index (Phi) is 3.83. The van der Waals surface area contributed by atoms with Crippen LogP contribution < -0.4 is 0 Å². The monoisotopic (exact) mass is 308 g/mol. The van der Waals surface area contributed by atoms with Crippen molar-refractivity contribution in [3.05, 3.63) is 68.9 Å². The van der Waals surface area contributed by atoms with Crippen molar-refractivity contribution in [2.24, 2.45) is 0 Å². The van der Waals surface area contributed by atoms with Crippen LogP contribution in [0.1, 0.15) is 28.4 Å². The average molecular weight is 309 g/mol. The van der Waals surface area contributed by atoms with Gasteiger partial charge in [0.25, 0.3) is 0 Å². The van der Waals surface area contributed by atoms with Crippen LogP contribution in [0, 0.1) is 19.7 Å². The molecule has 1 nitrogen and oxygen atoms in total. The van der Waals surface area contributed by atoms with Crippen LogP contribution in [-0.4, -0.2) is 5.11 Å². The molecule has 2 aromatic rings. The molecule has 0 radical (unpaired) electrons. The largest absolute Gasteiger partial charge is 0.384 e. The molecule has 0 saturated heterocycles. The highest BCUT2D eigenvalue weighted by Gasteiger charge is 2.19. The van der Waals surface area contributed by atoms with Gasteiger partial charge in [0.1, 0.15) is 11.9 Å². The predicted octanol–water partition coefficient (Wildman–Crippen LogP) is 4.29. The van der Waals surface area contributed by atoms with Gasteiger partial charge in [-0.3, -0.25) is 0 Å². The van der Waals surface area contributed by atoms with Crippen molar-refractivity contribution < 1.29 is 9.50 Å². The Morgan fingerprint density at radius 3 is 2.28 bits per heavy atom. The van der Waals surface area contributed by atoms with Crippen molar-refractivity contribution in [2.75, 3.05) is 0 Å². The zero-order valence-electron chi connectivity index (χ0n) is 10.2. The van der Waals surface area contributed by atoms with E-state index in [1.807, 2.05) is 31.2 Å². The molecule has 2 rings (SSSR count). The fourth-order valence-corrected chi connectivity index (χ4v) is 2.37. The number of halogens is 2. The molecule has 94 valence electrons. The lowest BCUT2D eigenvalue weighted by Gasteiger charge is -2.15. The normalized spacial score (nSPS) is 12.5. The van der Waals surface area contributed by atoms with E-state index in [1.54, 1.807) is 19.1 Å². The van der Waals surface area contributed by atoms with E-state index in [2.05, 4.69) is 15.9 Å². The highest BCUT2D eigenvalue weighted by atomic mass is 79.9. The lowest BCUT2D eigenvalue weighted by Crippen LogP contribution is -2.05. The molecule has 2 aromatic carbocycles. The average Bonchev–Trinajstić information content (AvgIpc) is 2.35. The van der Waals surface area contributed by atoms with Gasteiger partial charge in [0.2, 0.25) is 0 Å². The van der Waals surface area contributed by atoms with Crippen molar-refractivity contribution in [1.29, 1.82) is 0 Å². The Bertz CT molecular complexity index is 563. The summed E-state index contributed by atoms with van der Waals surface area (Å²) in [6, 6.07) is 10.9. The van der Waals surface area contributed by atoms with Crippen molar-refractivity contribution >= 4 is 15.9 Å². The van der Waals surface area contributed by atoms with E-state index in [0.29, 0.717) is 21.2 Å². The first-order chi connectivity index (χ1) is 8.50. The lowest BCUT2D eigenvalue weighted by atomic mass is 9.98. The van der Waals surface area contributed by atoms with Crippen LogP contribution in [0.2, 0.25) is 0 Å². The van der Waals surface area contributed by atoms with Gasteiger partial charge in [-0.05, 0) is 31.0 Å². The number of aliphatic hydroxyl groups is 1. The zero-order chi connectivity index (χ0) is 13.3. The zero-order valence-corrected chi connectivity index (χ0v) is 11.8. The summed E-state index contributed by atoms with van der Waals surface area (Å²) >= 11 is 3.29. The maximum absolute atomic E-state index is 14.1. The summed E-state index contributed by atoms with van der Waals surface area (Å²) in [7, 11) is 0. The maximum atomic E-state index is 14.1. The smallest absolute Gasteiger partial charge is 0.133 e. The molecule has 1 atom stereocenters. The van der Waals surface area contributed by atoms with Crippen LogP contribution in [0.4, 0.5) is 4.39 Å². The third-order valence-corrected chi connectivity index (χ3v) is 3.68. The third kappa shape index (κ3) is 2.47. The molecule has 0 aliphatic carbocycles. The first kappa shape index (κ1) is 13.2. The van der Waals surface area contributed by atoms with E-state index in [4.69, 9.17) is 0 Å². The van der Waals surface area contributed by atoms with E-state index in [-0.39, 0.29) is 5.82 Å². The number of aryl methyl sites for hydroxylation is 2. The summed E-state index contributed by atoms with van der Waals surface area (Å²) in [5.41, 5.74) is 2.61. The summed E-state index contributed by atoms with van der Waals surface area (Å²) in [5, 5.41) is 10.3. The van der Waals surface area contributed by atoms with E-state index in [1.165, 1.54) is 0 Å². The van der Waals surface area contributed by atoms with Gasteiger partial charge in [0.15, 0.2) is 0 Å². The van der Waals surface area contributed by atoms with Gasteiger partial charge in [-0.25, -0.2) is 4.39 Å². The Hall–Kier alpha value is -1.19. The van der Waals surface area contributed by atoms with Crippen molar-refractivity contribution in [3.8, 4) is 0 Å². The number of benzene rings is 2. The minimum absolute atomic E-state index is 0.291. The summed E-state index contributed by atoms with van der Waals surface area (Å²) in [5.74, 6) is -0.363. The molecule has 0 amide bonds. The molecule has 0 saturated carbocycles. The quantitative estimate of drug-likeness (QED) is 0.877. The van der Waals surface area contributed by atoms with Crippen molar-refractivity contribution in [2.45, 2.75) is 20.0 Å². The number of hydrogen-bond donors (Lipinski definition) is 1. The van der Waals surface area contributed by atoms with Gasteiger partial charge >= 0.3 is 0 Å². The van der Waals surface area contributed by atoms with E-state index in [9.17, 15) is 9.50 Å².